The Labute approximate surface area is 152 Å². The van der Waals surface area contributed by atoms with Gasteiger partial charge in [0.15, 0.2) is 22.4 Å². The molecule has 1 aromatic carbocycles. The van der Waals surface area contributed by atoms with Gasteiger partial charge in [-0.2, -0.15) is 0 Å². The third kappa shape index (κ3) is 3.28. The molecule has 1 unspecified atom stereocenters. The normalized spacial score (nSPS) is 19.7. The van der Waals surface area contributed by atoms with Gasteiger partial charge in [-0.15, -0.1) is 0 Å². The highest BCUT2D eigenvalue weighted by Crippen LogP contribution is 2.42. The first kappa shape index (κ1) is 17.5. The molecule has 7 heteroatoms. The molecule has 2 aliphatic rings. The summed E-state index contributed by atoms with van der Waals surface area (Å²) in [5.41, 5.74) is 2.51. The molecule has 3 rings (SSSR count). The first-order valence-corrected chi connectivity index (χ1v) is 8.72. The van der Waals surface area contributed by atoms with Gasteiger partial charge in [-0.05, 0) is 49.7 Å². The summed E-state index contributed by atoms with van der Waals surface area (Å²) >= 11 is 5.32. The van der Waals surface area contributed by atoms with Gasteiger partial charge in [0.2, 0.25) is 5.75 Å². The van der Waals surface area contributed by atoms with Crippen molar-refractivity contribution < 1.29 is 19.0 Å². The van der Waals surface area contributed by atoms with E-state index in [-0.39, 0.29) is 11.8 Å². The summed E-state index contributed by atoms with van der Waals surface area (Å²) in [6.45, 7) is 2.40. The van der Waals surface area contributed by atoms with E-state index in [2.05, 4.69) is 10.6 Å². The number of ketones is 1. The highest BCUT2D eigenvalue weighted by atomic mass is 32.1. The topological polar surface area (TPSA) is 68.8 Å². The molecular formula is C18H22N2O4S. The predicted molar refractivity (Wildman–Crippen MR) is 98.2 cm³/mol. The highest BCUT2D eigenvalue weighted by Gasteiger charge is 2.34. The lowest BCUT2D eigenvalue weighted by molar-refractivity contribution is -0.116. The van der Waals surface area contributed by atoms with Crippen LogP contribution in [0.5, 0.6) is 17.2 Å². The summed E-state index contributed by atoms with van der Waals surface area (Å²) in [5, 5.41) is 6.85. The van der Waals surface area contributed by atoms with Gasteiger partial charge in [0.1, 0.15) is 0 Å². The molecule has 0 amide bonds. The van der Waals surface area contributed by atoms with Crippen LogP contribution in [0, 0.1) is 0 Å². The van der Waals surface area contributed by atoms with Crippen molar-refractivity contribution in [3.63, 3.8) is 0 Å². The van der Waals surface area contributed by atoms with E-state index in [9.17, 15) is 4.79 Å². The molecule has 0 radical (unpaired) electrons. The molecule has 1 aromatic rings. The Hall–Kier alpha value is -2.28. The van der Waals surface area contributed by atoms with Crippen LogP contribution in [0.3, 0.4) is 0 Å². The lowest BCUT2D eigenvalue weighted by atomic mass is 9.85. The molecule has 25 heavy (non-hydrogen) atoms. The molecule has 2 N–H and O–H groups in total. The number of ether oxygens (including phenoxy) is 3. The van der Waals surface area contributed by atoms with Crippen molar-refractivity contribution in [2.45, 2.75) is 32.2 Å². The Morgan fingerprint density at radius 1 is 1.20 bits per heavy atom. The highest BCUT2D eigenvalue weighted by molar-refractivity contribution is 7.80. The zero-order valence-electron chi connectivity index (χ0n) is 14.6. The number of methoxy groups -OCH3 is 2. The molecule has 1 aliphatic carbocycles. The van der Waals surface area contributed by atoms with Crippen LogP contribution in [0.2, 0.25) is 0 Å². The van der Waals surface area contributed by atoms with Crippen molar-refractivity contribution >= 4 is 23.1 Å². The van der Waals surface area contributed by atoms with Crippen molar-refractivity contribution in [3.05, 3.63) is 29.0 Å². The van der Waals surface area contributed by atoms with Crippen LogP contribution in [0.15, 0.2) is 23.4 Å². The first-order valence-electron chi connectivity index (χ1n) is 8.31. The summed E-state index contributed by atoms with van der Waals surface area (Å²) in [4.78, 5) is 12.5. The summed E-state index contributed by atoms with van der Waals surface area (Å²) in [6.07, 6.45) is 2.22. The fourth-order valence-corrected chi connectivity index (χ4v) is 3.55. The molecule has 1 aliphatic heterocycles. The predicted octanol–water partition coefficient (Wildman–Crippen LogP) is 2.63. The Morgan fingerprint density at radius 3 is 2.48 bits per heavy atom. The van der Waals surface area contributed by atoms with Crippen LogP contribution in [-0.4, -0.2) is 31.7 Å². The van der Waals surface area contributed by atoms with Gasteiger partial charge < -0.3 is 24.8 Å². The van der Waals surface area contributed by atoms with Crippen LogP contribution in [0.4, 0.5) is 0 Å². The number of thiocarbonyl (C=S) groups is 1. The van der Waals surface area contributed by atoms with Crippen LogP contribution < -0.4 is 24.8 Å². The van der Waals surface area contributed by atoms with Crippen LogP contribution >= 0.6 is 12.2 Å². The molecule has 1 atom stereocenters. The first-order chi connectivity index (χ1) is 12.1. The number of Topliss-reactive ketones (excluding diaryl/α,β-unsaturated/α-hetero) is 1. The van der Waals surface area contributed by atoms with E-state index in [1.807, 2.05) is 19.1 Å². The van der Waals surface area contributed by atoms with Crippen molar-refractivity contribution in [1.82, 2.24) is 10.6 Å². The summed E-state index contributed by atoms with van der Waals surface area (Å²) in [6, 6.07) is 3.41. The average molecular weight is 362 g/mol. The third-order valence-corrected chi connectivity index (χ3v) is 4.61. The number of carbonyl (C=O) groups excluding carboxylic acids is 1. The van der Waals surface area contributed by atoms with Crippen LogP contribution in [-0.2, 0) is 4.79 Å². The second-order valence-electron chi connectivity index (χ2n) is 5.89. The van der Waals surface area contributed by atoms with Crippen molar-refractivity contribution in [1.29, 1.82) is 0 Å². The lowest BCUT2D eigenvalue weighted by Gasteiger charge is -2.34. The third-order valence-electron chi connectivity index (χ3n) is 4.39. The van der Waals surface area contributed by atoms with E-state index in [4.69, 9.17) is 26.4 Å². The van der Waals surface area contributed by atoms with Gasteiger partial charge in [0, 0.05) is 17.7 Å². The maximum absolute atomic E-state index is 12.5. The van der Waals surface area contributed by atoms with Gasteiger partial charge in [-0.3, -0.25) is 4.79 Å². The molecule has 0 saturated carbocycles. The zero-order valence-corrected chi connectivity index (χ0v) is 15.4. The van der Waals surface area contributed by atoms with Crippen molar-refractivity contribution in [2.24, 2.45) is 0 Å². The lowest BCUT2D eigenvalue weighted by Crippen LogP contribution is -2.46. The Balaban J connectivity index is 2.11. The molecule has 0 fully saturated rings. The standard InChI is InChI=1S/C18H22N2O4S/c1-4-24-17-13(22-2)8-10(9-14(17)23-3)16-15-11(19-18(25)20-16)6-5-7-12(15)21/h8-9,16H,4-7H2,1-3H3,(H2,19,20,25). The fraction of sp³-hybridized carbons (Fsp3) is 0.444. The SMILES string of the molecule is CCOc1c(OC)cc(C2NC(=S)NC3=C2C(=O)CCC3)cc1OC. The Bertz CT molecular complexity index is 720. The number of rotatable bonds is 5. The monoisotopic (exact) mass is 362 g/mol. The number of hydrogen-bond donors (Lipinski definition) is 2. The average Bonchev–Trinajstić information content (AvgIpc) is 2.61. The largest absolute Gasteiger partial charge is 0.493 e. The van der Waals surface area contributed by atoms with E-state index in [1.54, 1.807) is 14.2 Å². The van der Waals surface area contributed by atoms with Gasteiger partial charge in [0.05, 0.1) is 26.9 Å². The van der Waals surface area contributed by atoms with Crippen molar-refractivity contribution in [2.75, 3.05) is 20.8 Å². The van der Waals surface area contributed by atoms with Gasteiger partial charge >= 0.3 is 0 Å². The molecule has 0 aromatic heterocycles. The van der Waals surface area contributed by atoms with Gasteiger partial charge in [-0.25, -0.2) is 0 Å². The molecule has 0 spiro atoms. The Kier molecular flexibility index (Phi) is 5.13. The second-order valence-corrected chi connectivity index (χ2v) is 6.30. The summed E-state index contributed by atoms with van der Waals surface area (Å²) in [7, 11) is 3.16. The smallest absolute Gasteiger partial charge is 0.203 e. The minimum atomic E-state index is -0.324. The van der Waals surface area contributed by atoms with E-state index in [0.717, 1.165) is 29.7 Å². The maximum atomic E-state index is 12.5. The van der Waals surface area contributed by atoms with E-state index in [0.29, 0.717) is 35.4 Å². The quantitative estimate of drug-likeness (QED) is 0.781. The summed E-state index contributed by atoms with van der Waals surface area (Å²) < 4.78 is 16.6. The molecule has 0 saturated heterocycles. The molecule has 6 nitrogen and oxygen atoms in total. The maximum Gasteiger partial charge on any atom is 0.203 e. The number of carbonyl (C=O) groups is 1. The number of allylic oxidation sites excluding steroid dienone is 1. The van der Waals surface area contributed by atoms with Crippen molar-refractivity contribution in [3.8, 4) is 17.2 Å². The number of benzene rings is 1. The van der Waals surface area contributed by atoms with Crippen LogP contribution in [0.1, 0.15) is 37.8 Å². The fourth-order valence-electron chi connectivity index (χ4n) is 3.31. The number of nitrogens with one attached hydrogen (secondary N) is 2. The van der Waals surface area contributed by atoms with E-state index >= 15 is 0 Å². The number of hydrogen-bond acceptors (Lipinski definition) is 5. The molecule has 0 bridgehead atoms. The van der Waals surface area contributed by atoms with Crippen LogP contribution in [0.25, 0.3) is 0 Å². The van der Waals surface area contributed by atoms with Gasteiger partial charge in [0.25, 0.3) is 0 Å². The zero-order chi connectivity index (χ0) is 18.0. The minimum absolute atomic E-state index is 0.139. The molecule has 1 heterocycles. The Morgan fingerprint density at radius 2 is 1.88 bits per heavy atom. The molecule has 134 valence electrons. The molecular weight excluding hydrogens is 340 g/mol. The second kappa shape index (κ2) is 7.31. The minimum Gasteiger partial charge on any atom is -0.493 e. The van der Waals surface area contributed by atoms with Gasteiger partial charge in [-0.1, -0.05) is 0 Å². The van der Waals surface area contributed by atoms with E-state index in [1.165, 1.54) is 0 Å². The van der Waals surface area contributed by atoms with E-state index < -0.39 is 0 Å². The summed E-state index contributed by atoms with van der Waals surface area (Å²) in [5.74, 6) is 1.82.